The molecule has 0 aliphatic carbocycles. The third-order valence-corrected chi connectivity index (χ3v) is 7.96. The van der Waals surface area contributed by atoms with Crippen LogP contribution in [0.25, 0.3) is 5.69 Å². The van der Waals surface area contributed by atoms with Crippen LogP contribution in [0.5, 0.6) is 0 Å². The summed E-state index contributed by atoms with van der Waals surface area (Å²) in [5.41, 5.74) is 1.86. The normalized spacial score (nSPS) is 19.9. The molecule has 3 heterocycles. The van der Waals surface area contributed by atoms with Gasteiger partial charge in [-0.05, 0) is 55.8 Å². The van der Waals surface area contributed by atoms with Gasteiger partial charge in [0.05, 0.1) is 31.0 Å². The zero-order valence-electron chi connectivity index (χ0n) is 22.9. The number of ether oxygens (including phenoxy) is 2. The zero-order chi connectivity index (χ0) is 28.8. The summed E-state index contributed by atoms with van der Waals surface area (Å²) in [6.45, 7) is 4.25. The molecule has 0 spiro atoms. The Labute approximate surface area is 243 Å². The molecule has 2 aromatic carbocycles. The molecule has 3 N–H and O–H groups in total. The van der Waals surface area contributed by atoms with Crippen LogP contribution in [0.4, 0.5) is 19.4 Å². The number of amides is 2. The summed E-state index contributed by atoms with van der Waals surface area (Å²) < 4.78 is 40.6. The molecule has 41 heavy (non-hydrogen) atoms. The summed E-state index contributed by atoms with van der Waals surface area (Å²) in [6, 6.07) is 12.4. The number of halogens is 3. The van der Waals surface area contributed by atoms with Gasteiger partial charge >= 0.3 is 6.03 Å². The number of methoxy groups -OCH3 is 1. The second-order valence-electron chi connectivity index (χ2n) is 10.4. The van der Waals surface area contributed by atoms with Crippen molar-refractivity contribution in [2.45, 2.75) is 37.5 Å². The summed E-state index contributed by atoms with van der Waals surface area (Å²) in [4.78, 5) is 15.5. The van der Waals surface area contributed by atoms with Crippen LogP contribution >= 0.6 is 11.6 Å². The van der Waals surface area contributed by atoms with Crippen LogP contribution in [-0.2, 0) is 16.1 Å². The molecule has 0 bridgehead atoms. The average molecular weight is 589 g/mol. The van der Waals surface area contributed by atoms with E-state index in [4.69, 9.17) is 21.1 Å². The van der Waals surface area contributed by atoms with Crippen molar-refractivity contribution in [2.24, 2.45) is 0 Å². The number of carbonyl (C=O) groups is 1. The second kappa shape index (κ2) is 13.7. The maximum atomic E-state index is 14.1. The third kappa shape index (κ3) is 7.22. The molecule has 2 amide bonds. The van der Waals surface area contributed by atoms with Gasteiger partial charge in [0, 0.05) is 32.7 Å². The van der Waals surface area contributed by atoms with Crippen LogP contribution in [0.1, 0.15) is 30.0 Å². The molecular formula is C29H35ClF2N6O3. The van der Waals surface area contributed by atoms with E-state index in [0.29, 0.717) is 48.3 Å². The van der Waals surface area contributed by atoms with Gasteiger partial charge in [-0.25, -0.2) is 18.3 Å². The molecule has 0 saturated carbocycles. The van der Waals surface area contributed by atoms with E-state index in [2.05, 4.69) is 25.9 Å². The van der Waals surface area contributed by atoms with Crippen molar-refractivity contribution in [1.82, 2.24) is 25.3 Å². The fourth-order valence-electron chi connectivity index (χ4n) is 5.39. The number of nitrogens with zero attached hydrogens (tertiary/aromatic N) is 3. The maximum Gasteiger partial charge on any atom is 0.320 e. The molecule has 1 aromatic heterocycles. The van der Waals surface area contributed by atoms with E-state index >= 15 is 0 Å². The number of hydrogen-bond acceptors (Lipinski definition) is 6. The first-order valence-corrected chi connectivity index (χ1v) is 14.2. The van der Waals surface area contributed by atoms with Crippen LogP contribution < -0.4 is 16.0 Å². The first kappa shape index (κ1) is 29.4. The molecule has 2 aliphatic rings. The van der Waals surface area contributed by atoms with Gasteiger partial charge in [-0.15, -0.1) is 0 Å². The lowest BCUT2D eigenvalue weighted by molar-refractivity contribution is 0.0195. The number of carbonyl (C=O) groups excluding carboxylic acids is 1. The number of benzene rings is 2. The van der Waals surface area contributed by atoms with Gasteiger partial charge in [-0.1, -0.05) is 35.9 Å². The highest BCUT2D eigenvalue weighted by molar-refractivity contribution is 6.34. The van der Waals surface area contributed by atoms with Crippen molar-refractivity contribution in [2.75, 3.05) is 51.8 Å². The van der Waals surface area contributed by atoms with Gasteiger partial charge < -0.3 is 20.1 Å². The van der Waals surface area contributed by atoms with Gasteiger partial charge in [0.1, 0.15) is 10.7 Å². The molecule has 9 nitrogen and oxygen atoms in total. The molecule has 5 rings (SSSR count). The fourth-order valence-corrected chi connectivity index (χ4v) is 5.61. The Morgan fingerprint density at radius 2 is 1.90 bits per heavy atom. The Balaban J connectivity index is 1.34. The van der Waals surface area contributed by atoms with E-state index in [9.17, 15) is 13.6 Å². The highest BCUT2D eigenvalue weighted by Crippen LogP contribution is 2.31. The quantitative estimate of drug-likeness (QED) is 0.327. The summed E-state index contributed by atoms with van der Waals surface area (Å²) in [6.07, 6.45) is 1.93. The van der Waals surface area contributed by atoms with Crippen LogP contribution in [0.2, 0.25) is 5.02 Å². The first-order chi connectivity index (χ1) is 19.9. The lowest BCUT2D eigenvalue weighted by Gasteiger charge is -2.22. The van der Waals surface area contributed by atoms with Gasteiger partial charge in [0.15, 0.2) is 17.5 Å². The van der Waals surface area contributed by atoms with Gasteiger partial charge in [-0.3, -0.25) is 10.2 Å². The molecular weight excluding hydrogens is 554 g/mol. The van der Waals surface area contributed by atoms with Crippen molar-refractivity contribution in [1.29, 1.82) is 0 Å². The molecule has 2 fully saturated rings. The van der Waals surface area contributed by atoms with E-state index < -0.39 is 17.7 Å². The highest BCUT2D eigenvalue weighted by Gasteiger charge is 2.35. The van der Waals surface area contributed by atoms with Gasteiger partial charge in [0.2, 0.25) is 0 Å². The second-order valence-corrected chi connectivity index (χ2v) is 10.7. The van der Waals surface area contributed by atoms with Crippen molar-refractivity contribution >= 4 is 23.4 Å². The van der Waals surface area contributed by atoms with Gasteiger partial charge in [0.25, 0.3) is 0 Å². The predicted molar refractivity (Wildman–Crippen MR) is 153 cm³/mol. The molecule has 0 radical (unpaired) electrons. The Bertz CT molecular complexity index is 1320. The largest absolute Gasteiger partial charge is 0.383 e. The molecule has 2 saturated heterocycles. The lowest BCUT2D eigenvalue weighted by Crippen LogP contribution is -2.42. The van der Waals surface area contributed by atoms with E-state index in [1.807, 2.05) is 30.3 Å². The number of urea groups is 1. The lowest BCUT2D eigenvalue weighted by atomic mass is 9.94. The van der Waals surface area contributed by atoms with Crippen molar-refractivity contribution < 1.29 is 23.0 Å². The molecule has 2 atom stereocenters. The fraction of sp³-hybridized carbons (Fsp3) is 0.448. The van der Waals surface area contributed by atoms with E-state index in [-0.39, 0.29) is 24.7 Å². The zero-order valence-corrected chi connectivity index (χ0v) is 23.7. The standard InChI is InChI=1S/C29H35ClF2N6O3/c1-40-14-13-37-16-22(19-7-8-23(31)24(32)15-19)25(17-37)34-29(39)35-28-27(30)26(18-41-21-9-11-33-12-10-21)36-38(28)20-5-3-2-4-6-20/h2-8,15,21-22,25,33H,9-14,16-18H2,1H3,(H2,34,35,39)/t22-,25+/m0/s1. The van der Waals surface area contributed by atoms with E-state index in [1.165, 1.54) is 6.07 Å². The summed E-state index contributed by atoms with van der Waals surface area (Å²) in [5.74, 6) is -1.76. The van der Waals surface area contributed by atoms with Crippen molar-refractivity contribution in [3.63, 3.8) is 0 Å². The van der Waals surface area contributed by atoms with E-state index in [1.54, 1.807) is 17.9 Å². The smallest absolute Gasteiger partial charge is 0.320 e. The topological polar surface area (TPSA) is 92.7 Å². The summed E-state index contributed by atoms with van der Waals surface area (Å²) in [5, 5.41) is 14.2. The van der Waals surface area contributed by atoms with Gasteiger partial charge in [-0.2, -0.15) is 5.10 Å². The van der Waals surface area contributed by atoms with Crippen LogP contribution in [0, 0.1) is 11.6 Å². The Hall–Kier alpha value is -3.09. The Kier molecular flexibility index (Phi) is 9.84. The highest BCUT2D eigenvalue weighted by atomic mass is 35.5. The molecule has 220 valence electrons. The number of piperidine rings is 1. The first-order valence-electron chi connectivity index (χ1n) is 13.8. The minimum absolute atomic E-state index is 0.116. The minimum atomic E-state index is -0.918. The van der Waals surface area contributed by atoms with Crippen molar-refractivity contribution in [3.05, 3.63) is 76.4 Å². The van der Waals surface area contributed by atoms with Crippen LogP contribution in [-0.4, -0.2) is 79.3 Å². The molecule has 3 aromatic rings. The number of likely N-dealkylation sites (tertiary alicyclic amines) is 1. The SMILES string of the molecule is COCCN1C[C@@H](NC(=O)Nc2c(Cl)c(COC3CCNCC3)nn2-c2ccccc2)[C@H](c2ccc(F)c(F)c2)C1. The molecule has 12 heteroatoms. The monoisotopic (exact) mass is 588 g/mol. The van der Waals surface area contributed by atoms with Crippen LogP contribution in [0.15, 0.2) is 48.5 Å². The van der Waals surface area contributed by atoms with Crippen LogP contribution in [0.3, 0.4) is 0 Å². The number of rotatable bonds is 10. The number of para-hydroxylation sites is 1. The molecule has 2 aliphatic heterocycles. The summed E-state index contributed by atoms with van der Waals surface area (Å²) in [7, 11) is 1.62. The Morgan fingerprint density at radius 3 is 2.63 bits per heavy atom. The number of hydrogen-bond donors (Lipinski definition) is 3. The number of aromatic nitrogens is 2. The summed E-state index contributed by atoms with van der Waals surface area (Å²) >= 11 is 6.78. The molecule has 0 unspecified atom stereocenters. The number of nitrogens with one attached hydrogen (secondary N) is 3. The van der Waals surface area contributed by atoms with Crippen molar-refractivity contribution in [3.8, 4) is 5.69 Å². The maximum absolute atomic E-state index is 14.1. The third-order valence-electron chi connectivity index (χ3n) is 7.56. The minimum Gasteiger partial charge on any atom is -0.383 e. The predicted octanol–water partition coefficient (Wildman–Crippen LogP) is 4.31. The Morgan fingerprint density at radius 1 is 1.12 bits per heavy atom. The van der Waals surface area contributed by atoms with E-state index in [0.717, 1.165) is 37.7 Å². The average Bonchev–Trinajstić information content (AvgIpc) is 3.53. The number of anilines is 1.